The molecule has 0 unspecified atom stereocenters. The van der Waals surface area contributed by atoms with Crippen LogP contribution < -0.4 is 0 Å². The Morgan fingerprint density at radius 3 is 1.12 bits per heavy atom. The molecule has 0 saturated carbocycles. The number of hydrogen-bond acceptors (Lipinski definition) is 2. The molecule has 0 aromatic carbocycles. The summed E-state index contributed by atoms with van der Waals surface area (Å²) in [4.78, 5) is 0. The summed E-state index contributed by atoms with van der Waals surface area (Å²) in [5.41, 5.74) is 0.680. The second-order valence-electron chi connectivity index (χ2n) is 13.2. The summed E-state index contributed by atoms with van der Waals surface area (Å²) < 4.78 is 11.7. The standard InChI is InChI=1S/C24H50O.C14H32OSi/c1-5-9-19-24(20-10-6-2,21-11-7-3)22-17-15-13-12-14-16-18-23-25-8-4;1-5-9-12-16(15-8-4,13-10-6-2)14-11-7-3/h5-23H2,1-4H3;5-14H2,1-4H3. The van der Waals surface area contributed by atoms with Crippen molar-refractivity contribution in [3.8, 4) is 0 Å². The zero-order valence-corrected chi connectivity index (χ0v) is 31.3. The molecule has 0 aromatic rings. The molecule has 0 spiro atoms. The van der Waals surface area contributed by atoms with Crippen molar-refractivity contribution in [3.05, 3.63) is 0 Å². The monoisotopic (exact) mass is 599 g/mol. The van der Waals surface area contributed by atoms with Gasteiger partial charge in [-0.05, 0) is 69.5 Å². The smallest absolute Gasteiger partial charge is 0.192 e. The van der Waals surface area contributed by atoms with E-state index in [1.807, 2.05) is 0 Å². The van der Waals surface area contributed by atoms with Crippen molar-refractivity contribution in [2.24, 2.45) is 5.41 Å². The summed E-state index contributed by atoms with van der Waals surface area (Å²) in [5, 5.41) is 0. The topological polar surface area (TPSA) is 18.5 Å². The summed E-state index contributed by atoms with van der Waals surface area (Å²) in [5.74, 6) is 0. The molecule has 0 N–H and O–H groups in total. The SMILES string of the molecule is CCCCC(CCCC)(CCCC)CCCCCCCCCOCC.CCCC[Si](CCCC)(CCCC)OCC. The van der Waals surface area contributed by atoms with Crippen LogP contribution in [-0.2, 0) is 9.16 Å². The molecule has 41 heavy (non-hydrogen) atoms. The highest BCUT2D eigenvalue weighted by Crippen LogP contribution is 2.41. The Morgan fingerprint density at radius 1 is 0.390 bits per heavy atom. The molecule has 0 heterocycles. The predicted molar refractivity (Wildman–Crippen MR) is 191 cm³/mol. The van der Waals surface area contributed by atoms with Crippen LogP contribution in [0.25, 0.3) is 0 Å². The maximum absolute atomic E-state index is 6.27. The molecule has 0 saturated heterocycles. The van der Waals surface area contributed by atoms with Gasteiger partial charge in [0.2, 0.25) is 0 Å². The number of unbranched alkanes of at least 4 members (excludes halogenated alkanes) is 12. The minimum atomic E-state index is -1.36. The number of ether oxygens (including phenoxy) is 1. The van der Waals surface area contributed by atoms with Crippen molar-refractivity contribution in [2.75, 3.05) is 19.8 Å². The van der Waals surface area contributed by atoms with Crippen LogP contribution in [0.5, 0.6) is 0 Å². The molecule has 0 radical (unpaired) electrons. The lowest BCUT2D eigenvalue weighted by atomic mass is 9.71. The van der Waals surface area contributed by atoms with E-state index in [9.17, 15) is 0 Å². The molecular weight excluding hydrogens is 517 g/mol. The summed E-state index contributed by atoms with van der Waals surface area (Å²) >= 11 is 0. The van der Waals surface area contributed by atoms with E-state index in [1.165, 1.54) is 166 Å². The molecule has 0 atom stereocenters. The lowest BCUT2D eigenvalue weighted by Gasteiger charge is -2.35. The molecule has 0 aliphatic heterocycles. The van der Waals surface area contributed by atoms with Crippen LogP contribution >= 0.6 is 0 Å². The summed E-state index contributed by atoms with van der Waals surface area (Å²) in [7, 11) is -1.36. The highest BCUT2D eigenvalue weighted by atomic mass is 28.4. The zero-order valence-electron chi connectivity index (χ0n) is 30.3. The Kier molecular flexibility index (Phi) is 34.9. The summed E-state index contributed by atoms with van der Waals surface area (Å²) in [6, 6.07) is 4.20. The lowest BCUT2D eigenvalue weighted by molar-refractivity contribution is 0.143. The third-order valence-electron chi connectivity index (χ3n) is 9.29. The quantitative estimate of drug-likeness (QED) is 0.0583. The van der Waals surface area contributed by atoms with E-state index in [0.29, 0.717) is 5.41 Å². The predicted octanol–water partition coefficient (Wildman–Crippen LogP) is 14.1. The van der Waals surface area contributed by atoms with Gasteiger partial charge in [-0.15, -0.1) is 0 Å². The molecule has 0 aliphatic carbocycles. The first-order valence-electron chi connectivity index (χ1n) is 19.2. The number of hydrogen-bond donors (Lipinski definition) is 0. The molecule has 0 aliphatic rings. The van der Waals surface area contributed by atoms with Crippen LogP contribution in [0.15, 0.2) is 0 Å². The maximum atomic E-state index is 6.27. The van der Waals surface area contributed by atoms with Gasteiger partial charge in [0.1, 0.15) is 0 Å². The van der Waals surface area contributed by atoms with E-state index in [1.54, 1.807) is 0 Å². The van der Waals surface area contributed by atoms with Gasteiger partial charge in [-0.25, -0.2) is 0 Å². The molecule has 0 bridgehead atoms. The van der Waals surface area contributed by atoms with Gasteiger partial charge in [-0.1, -0.05) is 157 Å². The van der Waals surface area contributed by atoms with Crippen molar-refractivity contribution in [2.45, 2.75) is 221 Å². The third-order valence-corrected chi connectivity index (χ3v) is 14.0. The summed E-state index contributed by atoms with van der Waals surface area (Å²) in [6.07, 6.45) is 32.2. The van der Waals surface area contributed by atoms with Crippen LogP contribution in [0.1, 0.15) is 203 Å². The number of rotatable bonds is 31. The Hall–Kier alpha value is 0.137. The first kappa shape index (κ1) is 43.3. The van der Waals surface area contributed by atoms with Gasteiger partial charge in [0.15, 0.2) is 8.32 Å². The zero-order chi connectivity index (χ0) is 30.9. The van der Waals surface area contributed by atoms with Crippen LogP contribution in [-0.4, -0.2) is 28.1 Å². The second kappa shape index (κ2) is 33.0. The van der Waals surface area contributed by atoms with Gasteiger partial charge >= 0.3 is 0 Å². The van der Waals surface area contributed by atoms with Crippen molar-refractivity contribution in [1.29, 1.82) is 0 Å². The van der Waals surface area contributed by atoms with Gasteiger partial charge in [0.05, 0.1) is 0 Å². The third kappa shape index (κ3) is 26.3. The van der Waals surface area contributed by atoms with Gasteiger partial charge in [0, 0.05) is 19.8 Å². The van der Waals surface area contributed by atoms with Crippen molar-refractivity contribution in [1.82, 2.24) is 0 Å². The normalized spacial score (nSPS) is 12.0. The average Bonchev–Trinajstić information content (AvgIpc) is 2.99. The Balaban J connectivity index is 0. The van der Waals surface area contributed by atoms with Gasteiger partial charge in [0.25, 0.3) is 0 Å². The molecule has 250 valence electrons. The molecule has 0 rings (SSSR count). The molecule has 0 aromatic heterocycles. The van der Waals surface area contributed by atoms with E-state index in [2.05, 4.69) is 55.4 Å². The van der Waals surface area contributed by atoms with Crippen LogP contribution in [0.3, 0.4) is 0 Å². The Labute approximate surface area is 263 Å². The van der Waals surface area contributed by atoms with Crippen molar-refractivity contribution < 1.29 is 9.16 Å². The van der Waals surface area contributed by atoms with Crippen molar-refractivity contribution in [3.63, 3.8) is 0 Å². The Bertz CT molecular complexity index is 437. The minimum absolute atomic E-state index is 0.680. The molecule has 0 fully saturated rings. The van der Waals surface area contributed by atoms with Crippen LogP contribution in [0, 0.1) is 5.41 Å². The molecule has 0 amide bonds. The van der Waals surface area contributed by atoms with E-state index >= 15 is 0 Å². The van der Waals surface area contributed by atoms with Gasteiger partial charge < -0.3 is 9.16 Å². The fourth-order valence-corrected chi connectivity index (χ4v) is 11.3. The first-order valence-corrected chi connectivity index (χ1v) is 21.7. The second-order valence-corrected chi connectivity index (χ2v) is 17.3. The highest BCUT2D eigenvalue weighted by molar-refractivity contribution is 6.73. The van der Waals surface area contributed by atoms with Crippen LogP contribution in [0.4, 0.5) is 0 Å². The van der Waals surface area contributed by atoms with E-state index < -0.39 is 8.32 Å². The molecule has 3 heteroatoms. The Morgan fingerprint density at radius 2 is 0.756 bits per heavy atom. The maximum Gasteiger partial charge on any atom is 0.192 e. The first-order chi connectivity index (χ1) is 20.0. The van der Waals surface area contributed by atoms with E-state index in [4.69, 9.17) is 9.16 Å². The van der Waals surface area contributed by atoms with E-state index in [-0.39, 0.29) is 0 Å². The van der Waals surface area contributed by atoms with E-state index in [0.717, 1.165) is 19.8 Å². The van der Waals surface area contributed by atoms with Gasteiger partial charge in [-0.2, -0.15) is 0 Å². The minimum Gasteiger partial charge on any atom is -0.417 e. The summed E-state index contributed by atoms with van der Waals surface area (Å²) in [6.45, 7) is 21.0. The highest BCUT2D eigenvalue weighted by Gasteiger charge is 2.32. The van der Waals surface area contributed by atoms with Crippen LogP contribution in [0.2, 0.25) is 18.1 Å². The molecular formula is C38H82O2Si. The fraction of sp³-hybridized carbons (Fsp3) is 1.00. The van der Waals surface area contributed by atoms with Crippen molar-refractivity contribution >= 4 is 8.32 Å². The largest absolute Gasteiger partial charge is 0.417 e. The average molecular weight is 599 g/mol. The van der Waals surface area contributed by atoms with Gasteiger partial charge in [-0.3, -0.25) is 0 Å². The fourth-order valence-electron chi connectivity index (χ4n) is 6.53. The molecule has 2 nitrogen and oxygen atoms in total. The lowest BCUT2D eigenvalue weighted by Crippen LogP contribution is -2.38.